The number of benzene rings is 3. The zero-order chi connectivity index (χ0) is 28.9. The first-order valence-corrected chi connectivity index (χ1v) is 13.3. The van der Waals surface area contributed by atoms with Gasteiger partial charge < -0.3 is 9.73 Å². The predicted octanol–water partition coefficient (Wildman–Crippen LogP) is 4.45. The van der Waals surface area contributed by atoms with Crippen molar-refractivity contribution in [1.29, 1.82) is 5.26 Å². The molecule has 1 amide bonds. The van der Waals surface area contributed by atoms with E-state index >= 15 is 0 Å². The number of carbonyl (C=O) groups excluding carboxylic acids is 1. The van der Waals surface area contributed by atoms with Crippen LogP contribution in [0.15, 0.2) is 106 Å². The summed E-state index contributed by atoms with van der Waals surface area (Å²) in [4.78, 5) is 37.4. The Hall–Kier alpha value is -5.53. The summed E-state index contributed by atoms with van der Waals surface area (Å²) in [6.07, 6.45) is 1.55. The summed E-state index contributed by atoms with van der Waals surface area (Å²) in [6.45, 7) is 1.82. The SMILES string of the molecule is C[C@@H](NC(=O)/C(C#N)=c1\s/c(=C/c2ccc(-c3ccc([N+](=O)[O-])cc3)o2)c(=O)n1-c1ccccc1)c1ccccc1. The summed E-state index contributed by atoms with van der Waals surface area (Å²) in [5.74, 6) is 0.230. The smallest absolute Gasteiger partial charge is 0.273 e. The molecule has 0 fully saturated rings. The molecule has 2 aromatic heterocycles. The molecule has 1 N–H and O–H groups in total. The Balaban J connectivity index is 1.59. The fraction of sp³-hybridized carbons (Fsp3) is 0.0645. The van der Waals surface area contributed by atoms with Crippen LogP contribution in [0.5, 0.6) is 0 Å². The number of thiazole rings is 1. The molecule has 202 valence electrons. The topological polar surface area (TPSA) is 131 Å². The normalized spacial score (nSPS) is 12.8. The highest BCUT2D eigenvalue weighted by atomic mass is 32.1. The van der Waals surface area contributed by atoms with Gasteiger partial charge in [0.05, 0.1) is 21.2 Å². The standard InChI is InChI=1S/C31H22N4O5S/c1-20(21-8-4-2-5-9-21)33-29(36)26(19-32)31-34(23-10-6-3-7-11-23)30(37)28(41-31)18-25-16-17-27(40-25)22-12-14-24(15-13-22)35(38)39/h2-18,20H,1H3,(H,33,36)/b28-18+,31-26-/t20-/m1/s1. The number of hydrogen-bond acceptors (Lipinski definition) is 7. The fourth-order valence-electron chi connectivity index (χ4n) is 4.21. The van der Waals surface area contributed by atoms with Crippen molar-refractivity contribution in [1.82, 2.24) is 9.88 Å². The maximum absolute atomic E-state index is 13.6. The number of para-hydroxylation sites is 1. The number of non-ortho nitro benzene ring substituents is 1. The van der Waals surface area contributed by atoms with Crippen molar-refractivity contribution in [3.63, 3.8) is 0 Å². The molecule has 10 heteroatoms. The van der Waals surface area contributed by atoms with Gasteiger partial charge in [-0.05, 0) is 48.9 Å². The Morgan fingerprint density at radius 2 is 1.68 bits per heavy atom. The number of nitriles is 1. The molecule has 5 aromatic rings. The molecule has 0 saturated carbocycles. The molecule has 0 aliphatic heterocycles. The first-order valence-electron chi connectivity index (χ1n) is 12.5. The van der Waals surface area contributed by atoms with Gasteiger partial charge in [-0.2, -0.15) is 5.26 Å². The van der Waals surface area contributed by atoms with E-state index in [1.165, 1.54) is 16.7 Å². The molecule has 5 rings (SSSR count). The molecule has 0 aliphatic carbocycles. The van der Waals surface area contributed by atoms with Crippen molar-refractivity contribution < 1.29 is 14.1 Å². The first kappa shape index (κ1) is 27.1. The third-order valence-corrected chi connectivity index (χ3v) is 7.39. The molecule has 0 saturated heterocycles. The van der Waals surface area contributed by atoms with Gasteiger partial charge in [0.25, 0.3) is 17.2 Å². The van der Waals surface area contributed by atoms with Crippen molar-refractivity contribution in [2.45, 2.75) is 13.0 Å². The zero-order valence-corrected chi connectivity index (χ0v) is 22.5. The van der Waals surface area contributed by atoms with Crippen LogP contribution in [0.2, 0.25) is 0 Å². The number of furan rings is 1. The lowest BCUT2D eigenvalue weighted by Crippen LogP contribution is -2.34. The minimum atomic E-state index is -0.597. The summed E-state index contributed by atoms with van der Waals surface area (Å²) in [5.41, 5.74) is 1.37. The molecule has 0 aliphatic rings. The van der Waals surface area contributed by atoms with Gasteiger partial charge in [-0.1, -0.05) is 48.5 Å². The van der Waals surface area contributed by atoms with Gasteiger partial charge in [0.15, 0.2) is 5.57 Å². The largest absolute Gasteiger partial charge is 0.457 e. The zero-order valence-electron chi connectivity index (χ0n) is 21.7. The minimum absolute atomic E-state index is 0.0357. The lowest BCUT2D eigenvalue weighted by atomic mass is 10.1. The van der Waals surface area contributed by atoms with E-state index in [0.29, 0.717) is 22.8 Å². The van der Waals surface area contributed by atoms with Gasteiger partial charge in [0.2, 0.25) is 0 Å². The van der Waals surface area contributed by atoms with Gasteiger partial charge in [-0.3, -0.25) is 24.3 Å². The number of aromatic nitrogens is 1. The van der Waals surface area contributed by atoms with E-state index in [4.69, 9.17) is 4.42 Å². The number of nitro groups is 1. The molecule has 9 nitrogen and oxygen atoms in total. The van der Waals surface area contributed by atoms with E-state index in [2.05, 4.69) is 5.32 Å². The number of carbonyl (C=O) groups is 1. The summed E-state index contributed by atoms with van der Waals surface area (Å²) in [7, 11) is 0. The van der Waals surface area contributed by atoms with Gasteiger partial charge in [0.1, 0.15) is 22.3 Å². The highest BCUT2D eigenvalue weighted by Gasteiger charge is 2.19. The number of nitro benzene ring substituents is 1. The van der Waals surface area contributed by atoms with Crippen molar-refractivity contribution in [3.8, 4) is 23.1 Å². The summed E-state index contributed by atoms with van der Waals surface area (Å²) < 4.78 is 7.70. The van der Waals surface area contributed by atoms with Crippen LogP contribution in [0.25, 0.3) is 28.7 Å². The molecule has 3 aromatic carbocycles. The van der Waals surface area contributed by atoms with E-state index in [0.717, 1.165) is 16.9 Å². The molecule has 2 heterocycles. The quantitative estimate of drug-likeness (QED) is 0.230. The van der Waals surface area contributed by atoms with Crippen molar-refractivity contribution >= 4 is 34.6 Å². The van der Waals surface area contributed by atoms with Gasteiger partial charge >= 0.3 is 0 Å². The van der Waals surface area contributed by atoms with E-state index in [-0.39, 0.29) is 26.5 Å². The molecule has 0 bridgehead atoms. The lowest BCUT2D eigenvalue weighted by Gasteiger charge is -2.13. The maximum Gasteiger partial charge on any atom is 0.273 e. The van der Waals surface area contributed by atoms with Crippen LogP contribution in [0.4, 0.5) is 5.69 Å². The van der Waals surface area contributed by atoms with Crippen LogP contribution in [0, 0.1) is 21.4 Å². The number of nitrogens with zero attached hydrogens (tertiary/aromatic N) is 3. The van der Waals surface area contributed by atoms with Crippen LogP contribution < -0.4 is 20.1 Å². The number of amides is 1. The average molecular weight is 563 g/mol. The third kappa shape index (κ3) is 5.75. The lowest BCUT2D eigenvalue weighted by molar-refractivity contribution is -0.384. The Morgan fingerprint density at radius 1 is 1.02 bits per heavy atom. The molecule has 1 atom stereocenters. The van der Waals surface area contributed by atoms with Crippen molar-refractivity contribution in [2.75, 3.05) is 0 Å². The second kappa shape index (κ2) is 11.7. The van der Waals surface area contributed by atoms with Crippen LogP contribution in [0.1, 0.15) is 24.3 Å². The van der Waals surface area contributed by atoms with Crippen LogP contribution in [-0.2, 0) is 4.79 Å². The van der Waals surface area contributed by atoms with Gasteiger partial charge in [0, 0.05) is 23.8 Å². The van der Waals surface area contributed by atoms with Crippen LogP contribution >= 0.6 is 11.3 Å². The summed E-state index contributed by atoms with van der Waals surface area (Å²) >= 11 is 1.01. The second-order valence-electron chi connectivity index (χ2n) is 8.99. The van der Waals surface area contributed by atoms with Crippen LogP contribution in [0.3, 0.4) is 0 Å². The Kier molecular flexibility index (Phi) is 7.71. The van der Waals surface area contributed by atoms with E-state index in [1.807, 2.05) is 43.3 Å². The number of hydrogen-bond donors (Lipinski definition) is 1. The first-order chi connectivity index (χ1) is 19.9. The molecule has 0 radical (unpaired) electrons. The Morgan fingerprint density at radius 3 is 2.32 bits per heavy atom. The minimum Gasteiger partial charge on any atom is -0.457 e. The van der Waals surface area contributed by atoms with Gasteiger partial charge in [-0.25, -0.2) is 0 Å². The highest BCUT2D eigenvalue weighted by molar-refractivity contribution is 7.07. The number of rotatable bonds is 7. The van der Waals surface area contributed by atoms with Crippen molar-refractivity contribution in [3.05, 3.63) is 138 Å². The maximum atomic E-state index is 13.6. The molecule has 41 heavy (non-hydrogen) atoms. The van der Waals surface area contributed by atoms with Crippen LogP contribution in [-0.4, -0.2) is 15.4 Å². The molecular formula is C31H22N4O5S. The van der Waals surface area contributed by atoms with Crippen molar-refractivity contribution in [2.24, 2.45) is 0 Å². The van der Waals surface area contributed by atoms with E-state index in [9.17, 15) is 25.0 Å². The second-order valence-corrected chi connectivity index (χ2v) is 10.0. The Labute approximate surface area is 237 Å². The monoisotopic (exact) mass is 562 g/mol. The highest BCUT2D eigenvalue weighted by Crippen LogP contribution is 2.24. The molecule has 0 spiro atoms. The third-order valence-electron chi connectivity index (χ3n) is 6.30. The average Bonchev–Trinajstić information content (AvgIpc) is 3.59. The summed E-state index contributed by atoms with van der Waals surface area (Å²) in [6, 6.07) is 29.1. The van der Waals surface area contributed by atoms with Gasteiger partial charge in [-0.15, -0.1) is 11.3 Å². The van der Waals surface area contributed by atoms with E-state index < -0.39 is 16.4 Å². The number of nitrogens with one attached hydrogen (secondary N) is 1. The fourth-order valence-corrected chi connectivity index (χ4v) is 5.30. The molecular weight excluding hydrogens is 540 g/mol. The predicted molar refractivity (Wildman–Crippen MR) is 156 cm³/mol. The Bertz CT molecular complexity index is 1950. The molecule has 0 unspecified atom stereocenters. The summed E-state index contributed by atoms with van der Waals surface area (Å²) in [5, 5.41) is 23.9. The van der Waals surface area contributed by atoms with E-state index in [1.54, 1.807) is 60.7 Å².